The molecule has 14 heavy (non-hydrogen) atoms. The van der Waals surface area contributed by atoms with Crippen LogP contribution in [-0.2, 0) is 4.79 Å². The molecule has 0 unspecified atom stereocenters. The van der Waals surface area contributed by atoms with E-state index in [9.17, 15) is 4.79 Å². The monoisotopic (exact) mass is 322 g/mol. The summed E-state index contributed by atoms with van der Waals surface area (Å²) in [6.07, 6.45) is 8.87. The molecule has 0 heterocycles. The maximum Gasteiger partial charge on any atom is 0.160 e. The molecule has 1 spiro atoms. The molecule has 0 aromatic heterocycles. The van der Waals surface area contributed by atoms with Crippen LogP contribution in [0.5, 0.6) is 0 Å². The van der Waals surface area contributed by atoms with Crippen molar-refractivity contribution in [3.63, 3.8) is 0 Å². The predicted octanol–water partition coefficient (Wildman–Crippen LogP) is 3.83. The van der Waals surface area contributed by atoms with Gasteiger partial charge in [0.15, 0.2) is 5.78 Å². The summed E-state index contributed by atoms with van der Waals surface area (Å²) in [5.74, 6) is 0.348. The van der Waals surface area contributed by atoms with Crippen molar-refractivity contribution >= 4 is 37.6 Å². The highest BCUT2D eigenvalue weighted by molar-refractivity contribution is 9.10. The Kier molecular flexibility index (Phi) is 3.37. The minimum atomic E-state index is 0.0960. The van der Waals surface area contributed by atoms with Gasteiger partial charge in [0.2, 0.25) is 0 Å². The Labute approximate surface area is 102 Å². The molecule has 0 bridgehead atoms. The van der Waals surface area contributed by atoms with Gasteiger partial charge in [-0.15, -0.1) is 0 Å². The molecular weight excluding hydrogens is 308 g/mol. The third-order valence-corrected chi connectivity index (χ3v) is 5.31. The Morgan fingerprint density at radius 3 is 2.00 bits per heavy atom. The van der Waals surface area contributed by atoms with Crippen molar-refractivity contribution < 1.29 is 4.79 Å². The second-order valence-electron chi connectivity index (χ2n) is 4.81. The van der Waals surface area contributed by atoms with Gasteiger partial charge in [0.1, 0.15) is 0 Å². The van der Waals surface area contributed by atoms with Crippen molar-refractivity contribution in [2.75, 3.05) is 0 Å². The summed E-state index contributed by atoms with van der Waals surface area (Å²) < 4.78 is 0. The lowest BCUT2D eigenvalue weighted by Crippen LogP contribution is -2.42. The number of ketones is 1. The lowest BCUT2D eigenvalue weighted by Gasteiger charge is -2.43. The molecule has 0 radical (unpaired) electrons. The maximum absolute atomic E-state index is 11.7. The first kappa shape index (κ1) is 11.1. The first-order valence-corrected chi connectivity index (χ1v) is 7.28. The van der Waals surface area contributed by atoms with Crippen LogP contribution in [0.4, 0.5) is 0 Å². The third-order valence-electron chi connectivity index (χ3n) is 3.76. The lowest BCUT2D eigenvalue weighted by molar-refractivity contribution is -0.121. The van der Waals surface area contributed by atoms with Gasteiger partial charge in [-0.1, -0.05) is 51.1 Å². The average molecular weight is 324 g/mol. The highest BCUT2D eigenvalue weighted by atomic mass is 79.9. The number of Topliss-reactive ketones (excluding diaryl/α,β-unsaturated/α-hetero) is 1. The van der Waals surface area contributed by atoms with Crippen LogP contribution in [0.3, 0.4) is 0 Å². The minimum Gasteiger partial charge on any atom is -0.297 e. The molecule has 2 rings (SSSR count). The second-order valence-corrected chi connectivity index (χ2v) is 7.02. The van der Waals surface area contributed by atoms with Gasteiger partial charge in [-0.05, 0) is 31.1 Å². The van der Waals surface area contributed by atoms with Crippen LogP contribution >= 0.6 is 31.9 Å². The fraction of sp³-hybridized carbons (Fsp3) is 0.909. The first-order chi connectivity index (χ1) is 6.63. The Balaban J connectivity index is 2.10. The summed E-state index contributed by atoms with van der Waals surface area (Å²) in [5.41, 5.74) is 0.467. The van der Waals surface area contributed by atoms with E-state index in [2.05, 4.69) is 31.9 Å². The first-order valence-electron chi connectivity index (χ1n) is 5.45. The molecule has 2 saturated carbocycles. The maximum atomic E-state index is 11.7. The van der Waals surface area contributed by atoms with E-state index in [0.29, 0.717) is 11.2 Å². The number of hydrogen-bond donors (Lipinski definition) is 0. The van der Waals surface area contributed by atoms with Gasteiger partial charge < -0.3 is 0 Å². The fourth-order valence-corrected chi connectivity index (χ4v) is 5.32. The Bertz CT molecular complexity index is 217. The smallest absolute Gasteiger partial charge is 0.160 e. The quantitative estimate of drug-likeness (QED) is 0.619. The zero-order valence-electron chi connectivity index (χ0n) is 8.27. The number of carbonyl (C=O) groups is 1. The van der Waals surface area contributed by atoms with Crippen molar-refractivity contribution in [3.8, 4) is 0 Å². The van der Waals surface area contributed by atoms with E-state index in [1.165, 1.54) is 32.1 Å². The van der Waals surface area contributed by atoms with Gasteiger partial charge in [0.05, 0.1) is 9.65 Å². The number of halogens is 2. The van der Waals surface area contributed by atoms with E-state index >= 15 is 0 Å². The highest BCUT2D eigenvalue weighted by Crippen LogP contribution is 2.49. The summed E-state index contributed by atoms with van der Waals surface area (Å²) >= 11 is 7.05. The zero-order valence-corrected chi connectivity index (χ0v) is 11.4. The Hall–Kier alpha value is 0.630. The largest absolute Gasteiger partial charge is 0.297 e. The summed E-state index contributed by atoms with van der Waals surface area (Å²) in [6, 6.07) is 0. The van der Waals surface area contributed by atoms with Crippen LogP contribution in [0.15, 0.2) is 0 Å². The van der Waals surface area contributed by atoms with Crippen molar-refractivity contribution in [2.45, 2.75) is 54.6 Å². The number of rotatable bonds is 0. The average Bonchev–Trinajstić information content (AvgIpc) is 2.15. The molecule has 2 atom stereocenters. The van der Waals surface area contributed by atoms with Gasteiger partial charge in [0.25, 0.3) is 0 Å². The van der Waals surface area contributed by atoms with Gasteiger partial charge in [-0.2, -0.15) is 0 Å². The van der Waals surface area contributed by atoms with Crippen LogP contribution in [0.2, 0.25) is 0 Å². The molecule has 3 heteroatoms. The van der Waals surface area contributed by atoms with Crippen LogP contribution in [-0.4, -0.2) is 15.4 Å². The molecule has 80 valence electrons. The SMILES string of the molecule is O=C1[C@H](Br)CC2(CCCCC2)C[C@@H]1Br. The molecule has 0 N–H and O–H groups in total. The molecule has 2 aliphatic rings. The van der Waals surface area contributed by atoms with Crippen LogP contribution in [0.25, 0.3) is 0 Å². The van der Waals surface area contributed by atoms with Gasteiger partial charge in [0, 0.05) is 0 Å². The van der Waals surface area contributed by atoms with Crippen molar-refractivity contribution in [3.05, 3.63) is 0 Å². The van der Waals surface area contributed by atoms with Crippen molar-refractivity contribution in [2.24, 2.45) is 5.41 Å². The molecular formula is C11H16Br2O. The van der Waals surface area contributed by atoms with Gasteiger partial charge in [-0.3, -0.25) is 4.79 Å². The summed E-state index contributed by atoms with van der Waals surface area (Å²) in [4.78, 5) is 11.8. The van der Waals surface area contributed by atoms with E-state index in [1.807, 2.05) is 0 Å². The molecule has 0 saturated heterocycles. The predicted molar refractivity (Wildman–Crippen MR) is 65.2 cm³/mol. The second kappa shape index (κ2) is 4.25. The van der Waals surface area contributed by atoms with Gasteiger partial charge in [-0.25, -0.2) is 0 Å². The van der Waals surface area contributed by atoms with E-state index in [4.69, 9.17) is 0 Å². The molecule has 2 fully saturated rings. The van der Waals surface area contributed by atoms with Gasteiger partial charge >= 0.3 is 0 Å². The Morgan fingerprint density at radius 2 is 1.50 bits per heavy atom. The molecule has 0 aliphatic heterocycles. The molecule has 1 nitrogen and oxygen atoms in total. The highest BCUT2D eigenvalue weighted by Gasteiger charge is 2.43. The minimum absolute atomic E-state index is 0.0960. The number of hydrogen-bond acceptors (Lipinski definition) is 1. The van der Waals surface area contributed by atoms with Crippen LogP contribution < -0.4 is 0 Å². The van der Waals surface area contributed by atoms with E-state index < -0.39 is 0 Å². The Morgan fingerprint density at radius 1 is 1.00 bits per heavy atom. The molecule has 0 amide bonds. The van der Waals surface area contributed by atoms with Crippen molar-refractivity contribution in [1.82, 2.24) is 0 Å². The van der Waals surface area contributed by atoms with Crippen LogP contribution in [0.1, 0.15) is 44.9 Å². The topological polar surface area (TPSA) is 17.1 Å². The standard InChI is InChI=1S/C11H16Br2O/c12-8-6-11(4-2-1-3-5-11)7-9(13)10(8)14/h8-9H,1-7H2/t8-,9+. The zero-order chi connectivity index (χ0) is 10.2. The summed E-state index contributed by atoms with van der Waals surface area (Å²) in [5, 5.41) is 0. The summed E-state index contributed by atoms with van der Waals surface area (Å²) in [6.45, 7) is 0. The molecule has 2 aliphatic carbocycles. The third kappa shape index (κ3) is 2.08. The normalized spacial score (nSPS) is 37.4. The number of carbonyl (C=O) groups excluding carboxylic acids is 1. The molecule has 0 aromatic rings. The fourth-order valence-electron chi connectivity index (χ4n) is 2.95. The van der Waals surface area contributed by atoms with E-state index in [1.54, 1.807) is 0 Å². The molecule has 0 aromatic carbocycles. The number of alkyl halides is 2. The lowest BCUT2D eigenvalue weighted by atomic mass is 9.65. The van der Waals surface area contributed by atoms with Crippen molar-refractivity contribution in [1.29, 1.82) is 0 Å². The van der Waals surface area contributed by atoms with Crippen LogP contribution in [0, 0.1) is 5.41 Å². The summed E-state index contributed by atoms with van der Waals surface area (Å²) in [7, 11) is 0. The van der Waals surface area contributed by atoms with E-state index in [-0.39, 0.29) is 9.65 Å². The van der Waals surface area contributed by atoms with E-state index in [0.717, 1.165) is 12.8 Å².